The van der Waals surface area contributed by atoms with E-state index in [-0.39, 0.29) is 5.88 Å². The summed E-state index contributed by atoms with van der Waals surface area (Å²) in [6.07, 6.45) is 0. The summed E-state index contributed by atoms with van der Waals surface area (Å²) < 4.78 is 26.7. The largest absolute Gasteiger partial charge is 0.243 e. The lowest BCUT2D eigenvalue weighted by Gasteiger charge is -2.20. The van der Waals surface area contributed by atoms with E-state index in [2.05, 4.69) is 0 Å². The summed E-state index contributed by atoms with van der Waals surface area (Å²) in [5, 5.41) is 1.67. The van der Waals surface area contributed by atoms with Gasteiger partial charge in [0, 0.05) is 24.4 Å². The van der Waals surface area contributed by atoms with Crippen LogP contribution in [-0.4, -0.2) is 31.7 Å². The second-order valence-corrected chi connectivity index (χ2v) is 6.45. The van der Waals surface area contributed by atoms with E-state index in [1.54, 1.807) is 12.1 Å². The van der Waals surface area contributed by atoms with Gasteiger partial charge in [0.2, 0.25) is 10.0 Å². The zero-order valence-electron chi connectivity index (χ0n) is 10.7. The van der Waals surface area contributed by atoms with Crippen LogP contribution in [0.4, 0.5) is 0 Å². The highest BCUT2D eigenvalue weighted by Crippen LogP contribution is 2.25. The highest BCUT2D eigenvalue weighted by molar-refractivity contribution is 7.89. The average Bonchev–Trinajstić information content (AvgIpc) is 2.43. The molecule has 0 unspecified atom stereocenters. The number of alkyl halides is 1. The first-order valence-electron chi connectivity index (χ1n) is 6.15. The highest BCUT2D eigenvalue weighted by atomic mass is 35.5. The molecule has 0 amide bonds. The molecule has 0 radical (unpaired) electrons. The van der Waals surface area contributed by atoms with Crippen LogP contribution in [0.15, 0.2) is 47.4 Å². The quantitative estimate of drug-likeness (QED) is 0.795. The molecule has 3 nitrogen and oxygen atoms in total. The van der Waals surface area contributed by atoms with E-state index in [1.807, 2.05) is 37.3 Å². The molecule has 0 saturated carbocycles. The SMILES string of the molecule is CCN(CCCl)S(=O)(=O)c1cccc2ccccc12. The Labute approximate surface area is 118 Å². The van der Waals surface area contributed by atoms with E-state index in [4.69, 9.17) is 11.6 Å². The van der Waals surface area contributed by atoms with Crippen LogP contribution in [0.5, 0.6) is 0 Å². The second kappa shape index (κ2) is 5.90. The number of sulfonamides is 1. The molecule has 102 valence electrons. The topological polar surface area (TPSA) is 37.4 Å². The number of hydrogen-bond acceptors (Lipinski definition) is 2. The Bertz CT molecular complexity index is 665. The Kier molecular flexibility index (Phi) is 4.45. The van der Waals surface area contributed by atoms with Crippen LogP contribution in [-0.2, 0) is 10.0 Å². The lowest BCUT2D eigenvalue weighted by molar-refractivity contribution is 0.447. The molecule has 2 aromatic carbocycles. The van der Waals surface area contributed by atoms with Crippen molar-refractivity contribution < 1.29 is 8.42 Å². The van der Waals surface area contributed by atoms with E-state index in [0.717, 1.165) is 10.8 Å². The Morgan fingerprint density at radius 3 is 2.47 bits per heavy atom. The van der Waals surface area contributed by atoms with Crippen LogP contribution in [0.2, 0.25) is 0 Å². The smallest absolute Gasteiger partial charge is 0.207 e. The Balaban J connectivity index is 2.60. The summed E-state index contributed by atoms with van der Waals surface area (Å²) in [6, 6.07) is 12.8. The number of fused-ring (bicyclic) bond motifs is 1. The molecule has 0 aromatic heterocycles. The molecule has 2 rings (SSSR count). The van der Waals surface area contributed by atoms with E-state index in [9.17, 15) is 8.42 Å². The monoisotopic (exact) mass is 297 g/mol. The van der Waals surface area contributed by atoms with Gasteiger partial charge in [0.1, 0.15) is 0 Å². The van der Waals surface area contributed by atoms with Gasteiger partial charge in [0.05, 0.1) is 4.90 Å². The minimum atomic E-state index is -3.49. The summed E-state index contributed by atoms with van der Waals surface area (Å²) in [5.74, 6) is 0.290. The number of benzene rings is 2. The molecule has 0 aliphatic rings. The van der Waals surface area contributed by atoms with E-state index in [1.165, 1.54) is 4.31 Å². The van der Waals surface area contributed by atoms with Crippen molar-refractivity contribution in [1.29, 1.82) is 0 Å². The van der Waals surface area contributed by atoms with E-state index in [0.29, 0.717) is 18.0 Å². The normalized spacial score (nSPS) is 12.2. The lowest BCUT2D eigenvalue weighted by atomic mass is 10.1. The predicted octanol–water partition coefficient (Wildman–Crippen LogP) is 3.09. The maximum Gasteiger partial charge on any atom is 0.243 e. The van der Waals surface area contributed by atoms with Crippen LogP contribution in [0.1, 0.15) is 6.92 Å². The Morgan fingerprint density at radius 2 is 1.79 bits per heavy atom. The second-order valence-electron chi connectivity index (χ2n) is 4.16. The maximum atomic E-state index is 12.6. The number of nitrogens with zero attached hydrogens (tertiary/aromatic N) is 1. The van der Waals surface area contributed by atoms with Crippen molar-refractivity contribution in [3.05, 3.63) is 42.5 Å². The molecular weight excluding hydrogens is 282 g/mol. The number of hydrogen-bond donors (Lipinski definition) is 0. The number of rotatable bonds is 5. The molecule has 0 spiro atoms. The zero-order valence-corrected chi connectivity index (χ0v) is 12.3. The third-order valence-corrected chi connectivity index (χ3v) is 5.26. The summed E-state index contributed by atoms with van der Waals surface area (Å²) >= 11 is 5.68. The molecule has 0 fully saturated rings. The Hall–Kier alpha value is -1.10. The third kappa shape index (κ3) is 2.76. The summed E-state index contributed by atoms with van der Waals surface area (Å²) in [5.41, 5.74) is 0. The molecule has 0 aliphatic heterocycles. The van der Waals surface area contributed by atoms with Crippen LogP contribution in [0, 0.1) is 0 Å². The van der Waals surface area contributed by atoms with Crippen molar-refractivity contribution in [3.63, 3.8) is 0 Å². The molecule has 0 atom stereocenters. The first kappa shape index (κ1) is 14.3. The molecule has 19 heavy (non-hydrogen) atoms. The molecule has 2 aromatic rings. The van der Waals surface area contributed by atoms with Crippen LogP contribution < -0.4 is 0 Å². The van der Waals surface area contributed by atoms with Gasteiger partial charge in [-0.15, -0.1) is 11.6 Å². The maximum absolute atomic E-state index is 12.6. The summed E-state index contributed by atoms with van der Waals surface area (Å²) in [7, 11) is -3.49. The fourth-order valence-electron chi connectivity index (χ4n) is 2.10. The van der Waals surface area contributed by atoms with E-state index < -0.39 is 10.0 Å². The minimum absolute atomic E-state index is 0.290. The van der Waals surface area contributed by atoms with Gasteiger partial charge < -0.3 is 0 Å². The lowest BCUT2D eigenvalue weighted by Crippen LogP contribution is -2.32. The molecule has 5 heteroatoms. The highest BCUT2D eigenvalue weighted by Gasteiger charge is 2.24. The van der Waals surface area contributed by atoms with Gasteiger partial charge in [-0.2, -0.15) is 4.31 Å². The first-order valence-corrected chi connectivity index (χ1v) is 8.12. The molecule has 0 heterocycles. The van der Waals surface area contributed by atoms with Gasteiger partial charge >= 0.3 is 0 Å². The fourth-order valence-corrected chi connectivity index (χ4v) is 4.07. The van der Waals surface area contributed by atoms with Crippen LogP contribution >= 0.6 is 11.6 Å². The van der Waals surface area contributed by atoms with Crippen LogP contribution in [0.3, 0.4) is 0 Å². The zero-order chi connectivity index (χ0) is 13.9. The Morgan fingerprint density at radius 1 is 1.11 bits per heavy atom. The van der Waals surface area contributed by atoms with Crippen molar-refractivity contribution in [2.45, 2.75) is 11.8 Å². The van der Waals surface area contributed by atoms with Crippen molar-refractivity contribution >= 4 is 32.4 Å². The van der Waals surface area contributed by atoms with Gasteiger partial charge in [0.25, 0.3) is 0 Å². The van der Waals surface area contributed by atoms with Crippen molar-refractivity contribution in [2.75, 3.05) is 19.0 Å². The van der Waals surface area contributed by atoms with Gasteiger partial charge in [-0.3, -0.25) is 0 Å². The molecule has 0 aliphatic carbocycles. The van der Waals surface area contributed by atoms with Crippen molar-refractivity contribution in [2.24, 2.45) is 0 Å². The first-order chi connectivity index (χ1) is 9.11. The molecule has 0 bridgehead atoms. The van der Waals surface area contributed by atoms with Gasteiger partial charge in [0.15, 0.2) is 0 Å². The van der Waals surface area contributed by atoms with Gasteiger partial charge in [-0.05, 0) is 11.5 Å². The van der Waals surface area contributed by atoms with Crippen LogP contribution in [0.25, 0.3) is 10.8 Å². The standard InChI is InChI=1S/C14H16ClNO2S/c1-2-16(11-10-15)19(17,18)14-9-5-7-12-6-3-4-8-13(12)14/h3-9H,2,10-11H2,1H3. The summed E-state index contributed by atoms with van der Waals surface area (Å²) in [6.45, 7) is 2.55. The predicted molar refractivity (Wildman–Crippen MR) is 79.1 cm³/mol. The van der Waals surface area contributed by atoms with Gasteiger partial charge in [-0.25, -0.2) is 8.42 Å². The molecule has 0 N–H and O–H groups in total. The summed E-state index contributed by atoms with van der Waals surface area (Å²) in [4.78, 5) is 0.345. The average molecular weight is 298 g/mol. The van der Waals surface area contributed by atoms with E-state index >= 15 is 0 Å². The van der Waals surface area contributed by atoms with Gasteiger partial charge in [-0.1, -0.05) is 43.3 Å². The minimum Gasteiger partial charge on any atom is -0.207 e. The third-order valence-electron chi connectivity index (χ3n) is 3.05. The fraction of sp³-hybridized carbons (Fsp3) is 0.286. The van der Waals surface area contributed by atoms with Crippen molar-refractivity contribution in [1.82, 2.24) is 4.31 Å². The number of halogens is 1. The van der Waals surface area contributed by atoms with Crippen molar-refractivity contribution in [3.8, 4) is 0 Å². The molecular formula is C14H16ClNO2S. The molecule has 0 saturated heterocycles.